The van der Waals surface area contributed by atoms with Crippen LogP contribution in [0.5, 0.6) is 0 Å². The third kappa shape index (κ3) is 4.22. The number of aromatic nitrogens is 1. The van der Waals surface area contributed by atoms with Gasteiger partial charge in [-0.2, -0.15) is 0 Å². The molecule has 0 aliphatic carbocycles. The lowest BCUT2D eigenvalue weighted by atomic mass is 10.3. The van der Waals surface area contributed by atoms with Crippen molar-refractivity contribution in [1.29, 1.82) is 0 Å². The van der Waals surface area contributed by atoms with Gasteiger partial charge in [0.2, 0.25) is 0 Å². The number of carbonyl (C=O) groups is 2. The van der Waals surface area contributed by atoms with Gasteiger partial charge in [-0.25, -0.2) is 9.59 Å². The molecule has 76 valence electrons. The fourth-order valence-corrected chi connectivity index (χ4v) is 0.718. The van der Waals surface area contributed by atoms with Gasteiger partial charge < -0.3 is 4.74 Å². The lowest BCUT2D eigenvalue weighted by molar-refractivity contribution is -0.133. The van der Waals surface area contributed by atoms with E-state index in [0.717, 1.165) is 0 Å². The van der Waals surface area contributed by atoms with Gasteiger partial charge in [0.05, 0.1) is 5.56 Å². The lowest BCUT2D eigenvalue weighted by Crippen LogP contribution is -2.12. The first-order valence-electron chi connectivity index (χ1n) is 3.93. The molecule has 4 nitrogen and oxygen atoms in total. The summed E-state index contributed by atoms with van der Waals surface area (Å²) in [4.78, 5) is 25.9. The van der Waals surface area contributed by atoms with Crippen LogP contribution in [0.3, 0.4) is 0 Å². The van der Waals surface area contributed by atoms with E-state index < -0.39 is 11.9 Å². The molecule has 0 fully saturated rings. The standard InChI is InChI=1S/C10H9NO3.Mg.2H/c1-7(2)9(12)14-10(13)8-3-5-11-6-4-8;;;/h3-6H,1H2,2H3;;;. The van der Waals surface area contributed by atoms with Crippen molar-refractivity contribution in [3.63, 3.8) is 0 Å². The van der Waals surface area contributed by atoms with E-state index in [-0.39, 0.29) is 34.2 Å². The predicted molar refractivity (Wildman–Crippen MR) is 58.0 cm³/mol. The van der Waals surface area contributed by atoms with Crippen molar-refractivity contribution >= 4 is 35.0 Å². The van der Waals surface area contributed by atoms with Crippen LogP contribution in [0.4, 0.5) is 0 Å². The van der Waals surface area contributed by atoms with Gasteiger partial charge in [0, 0.05) is 18.0 Å². The first-order valence-corrected chi connectivity index (χ1v) is 3.93. The van der Waals surface area contributed by atoms with Crippen molar-refractivity contribution in [2.75, 3.05) is 0 Å². The third-order valence-corrected chi connectivity index (χ3v) is 1.45. The van der Waals surface area contributed by atoms with Crippen molar-refractivity contribution < 1.29 is 14.3 Å². The first kappa shape index (κ1) is 13.8. The molecule has 1 aromatic rings. The summed E-state index contributed by atoms with van der Waals surface area (Å²) in [5, 5.41) is 0. The fraction of sp³-hybridized carbons (Fsp3) is 0.100. The van der Waals surface area contributed by atoms with Crippen LogP contribution in [0.25, 0.3) is 0 Å². The first-order chi connectivity index (χ1) is 6.61. The number of carbonyl (C=O) groups excluding carboxylic acids is 2. The minimum atomic E-state index is -0.716. The maximum Gasteiger partial charge on any atom is 0.346 e. The molecule has 0 saturated carbocycles. The van der Waals surface area contributed by atoms with E-state index in [1.165, 1.54) is 31.5 Å². The molecule has 0 bridgehead atoms. The van der Waals surface area contributed by atoms with Crippen molar-refractivity contribution in [3.8, 4) is 0 Å². The fourth-order valence-electron chi connectivity index (χ4n) is 0.718. The number of hydrogen-bond acceptors (Lipinski definition) is 4. The minimum absolute atomic E-state index is 0. The second-order valence-electron chi connectivity index (χ2n) is 2.69. The van der Waals surface area contributed by atoms with Crippen molar-refractivity contribution in [2.45, 2.75) is 6.92 Å². The quantitative estimate of drug-likeness (QED) is 0.312. The zero-order valence-corrected chi connectivity index (χ0v) is 7.69. The predicted octanol–water partition coefficient (Wildman–Crippen LogP) is 0.425. The number of esters is 2. The van der Waals surface area contributed by atoms with Gasteiger partial charge in [-0.15, -0.1) is 0 Å². The average Bonchev–Trinajstić information content (AvgIpc) is 2.19. The molecule has 0 atom stereocenters. The Morgan fingerprint density at radius 2 is 1.87 bits per heavy atom. The van der Waals surface area contributed by atoms with Crippen LogP contribution in [-0.4, -0.2) is 40.0 Å². The van der Waals surface area contributed by atoms with Crippen molar-refractivity contribution in [2.24, 2.45) is 0 Å². The SMILES string of the molecule is C=C(C)C(=O)OC(=O)c1ccncc1.[MgH2]. The maximum atomic E-state index is 11.2. The Kier molecular flexibility index (Phi) is 5.81. The lowest BCUT2D eigenvalue weighted by Gasteiger charge is -2.00. The summed E-state index contributed by atoms with van der Waals surface area (Å²) >= 11 is 0. The van der Waals surface area contributed by atoms with Gasteiger partial charge in [0.25, 0.3) is 0 Å². The molecule has 1 aromatic heterocycles. The molecule has 0 radical (unpaired) electrons. The summed E-state index contributed by atoms with van der Waals surface area (Å²) in [6.07, 6.45) is 2.89. The largest absolute Gasteiger partial charge is 0.386 e. The highest BCUT2D eigenvalue weighted by Gasteiger charge is 2.12. The van der Waals surface area contributed by atoms with Gasteiger partial charge in [-0.1, -0.05) is 6.58 Å². The number of hydrogen-bond donors (Lipinski definition) is 0. The Morgan fingerprint density at radius 3 is 2.33 bits per heavy atom. The molecule has 0 spiro atoms. The number of ether oxygens (including phenoxy) is 1. The van der Waals surface area contributed by atoms with Crippen LogP contribution in [0.1, 0.15) is 17.3 Å². The molecular weight excluding hydrogens is 206 g/mol. The summed E-state index contributed by atoms with van der Waals surface area (Å²) in [7, 11) is 0. The van der Waals surface area contributed by atoms with Crippen molar-refractivity contribution in [1.82, 2.24) is 4.98 Å². The molecule has 0 aromatic carbocycles. The second-order valence-corrected chi connectivity index (χ2v) is 2.69. The van der Waals surface area contributed by atoms with Gasteiger partial charge in [-0.05, 0) is 19.1 Å². The Bertz CT molecular complexity index is 376. The smallest absolute Gasteiger partial charge is 0.346 e. The maximum absolute atomic E-state index is 11.2. The summed E-state index contributed by atoms with van der Waals surface area (Å²) in [5.41, 5.74) is 0.474. The van der Waals surface area contributed by atoms with Gasteiger partial charge in [-0.3, -0.25) is 4.98 Å². The van der Waals surface area contributed by atoms with E-state index in [4.69, 9.17) is 0 Å². The monoisotopic (exact) mass is 217 g/mol. The summed E-state index contributed by atoms with van der Waals surface area (Å²) in [6, 6.07) is 2.93. The Labute approximate surface area is 103 Å². The molecule has 0 saturated heterocycles. The Hall–Kier alpha value is -1.20. The number of nitrogens with zero attached hydrogens (tertiary/aromatic N) is 1. The van der Waals surface area contributed by atoms with E-state index in [1.807, 2.05) is 0 Å². The minimum Gasteiger partial charge on any atom is -0.386 e. The van der Waals surface area contributed by atoms with Gasteiger partial charge >= 0.3 is 35.0 Å². The highest BCUT2D eigenvalue weighted by Crippen LogP contribution is 2.01. The zero-order valence-electron chi connectivity index (χ0n) is 7.69. The Morgan fingerprint density at radius 1 is 1.33 bits per heavy atom. The summed E-state index contributed by atoms with van der Waals surface area (Å²) in [5.74, 6) is -1.41. The van der Waals surface area contributed by atoms with Crippen LogP contribution in [0.15, 0.2) is 36.7 Å². The Balaban J connectivity index is 0.00000196. The van der Waals surface area contributed by atoms with E-state index in [9.17, 15) is 9.59 Å². The van der Waals surface area contributed by atoms with E-state index in [2.05, 4.69) is 16.3 Å². The van der Waals surface area contributed by atoms with Crippen LogP contribution in [0.2, 0.25) is 0 Å². The summed E-state index contributed by atoms with van der Waals surface area (Å²) in [6.45, 7) is 4.84. The van der Waals surface area contributed by atoms with Crippen LogP contribution in [-0.2, 0) is 9.53 Å². The zero-order chi connectivity index (χ0) is 10.6. The van der Waals surface area contributed by atoms with Crippen LogP contribution in [0, 0.1) is 0 Å². The molecule has 0 unspecified atom stereocenters. The van der Waals surface area contributed by atoms with E-state index in [1.54, 1.807) is 0 Å². The number of rotatable bonds is 2. The van der Waals surface area contributed by atoms with Gasteiger partial charge in [0.1, 0.15) is 0 Å². The molecule has 0 amide bonds. The topological polar surface area (TPSA) is 56.3 Å². The molecule has 0 aliphatic heterocycles. The number of pyridine rings is 1. The third-order valence-electron chi connectivity index (χ3n) is 1.45. The summed E-state index contributed by atoms with van der Waals surface area (Å²) < 4.78 is 4.49. The van der Waals surface area contributed by atoms with Crippen molar-refractivity contribution in [3.05, 3.63) is 42.2 Å². The molecule has 1 rings (SSSR count). The molecular formula is C10H11MgNO3. The van der Waals surface area contributed by atoms with Crippen LogP contribution >= 0.6 is 0 Å². The molecule has 5 heteroatoms. The van der Waals surface area contributed by atoms with Crippen LogP contribution < -0.4 is 0 Å². The van der Waals surface area contributed by atoms with Gasteiger partial charge in [0.15, 0.2) is 0 Å². The van der Waals surface area contributed by atoms with E-state index in [0.29, 0.717) is 0 Å². The van der Waals surface area contributed by atoms with E-state index >= 15 is 0 Å². The molecule has 15 heavy (non-hydrogen) atoms. The molecule has 0 N–H and O–H groups in total. The highest BCUT2D eigenvalue weighted by atomic mass is 24.3. The molecule has 1 heterocycles. The normalized spacial score (nSPS) is 8.60. The highest BCUT2D eigenvalue weighted by molar-refractivity contribution is 6.01. The average molecular weight is 218 g/mol. The molecule has 0 aliphatic rings. The second kappa shape index (κ2) is 6.31.